The first-order valence-corrected chi connectivity index (χ1v) is 25.3. The van der Waals surface area contributed by atoms with Crippen LogP contribution in [0.4, 0.5) is 0 Å². The van der Waals surface area contributed by atoms with Gasteiger partial charge in [0.2, 0.25) is 0 Å². The highest BCUT2D eigenvalue weighted by molar-refractivity contribution is 6.13. The summed E-state index contributed by atoms with van der Waals surface area (Å²) < 4.78 is 4.98. The van der Waals surface area contributed by atoms with Crippen LogP contribution in [0.25, 0.3) is 77.5 Å². The van der Waals surface area contributed by atoms with Crippen molar-refractivity contribution in [3.8, 4) is 33.9 Å². The van der Waals surface area contributed by atoms with Crippen molar-refractivity contribution in [1.29, 1.82) is 0 Å². The van der Waals surface area contributed by atoms with Crippen LogP contribution in [-0.2, 0) is 5.41 Å². The molecular weight excluding hydrogens is 803 g/mol. The van der Waals surface area contributed by atoms with E-state index in [-0.39, 0.29) is 5.41 Å². The summed E-state index contributed by atoms with van der Waals surface area (Å²) in [5.41, 5.74) is 10.5. The molecule has 66 heavy (non-hydrogen) atoms. The van der Waals surface area contributed by atoms with Gasteiger partial charge in [-0.1, -0.05) is 125 Å². The Hall–Kier alpha value is -6.07. The number of nitrogens with zero attached hydrogens (tertiary/aromatic N) is 5. The maximum absolute atomic E-state index is 5.85. The number of fused-ring (bicyclic) bond motifs is 12. The Morgan fingerprint density at radius 3 is 1.79 bits per heavy atom. The molecule has 5 aliphatic carbocycles. The second-order valence-corrected chi connectivity index (χ2v) is 21.9. The Labute approximate surface area is 389 Å². The van der Waals surface area contributed by atoms with Gasteiger partial charge in [-0.25, -0.2) is 15.0 Å². The molecule has 0 spiro atoms. The average Bonchev–Trinajstić information content (AvgIpc) is 3.72. The van der Waals surface area contributed by atoms with Crippen LogP contribution in [-0.4, -0.2) is 24.1 Å². The molecule has 0 N–H and O–H groups in total. The van der Waals surface area contributed by atoms with E-state index in [1.54, 1.807) is 0 Å². The van der Waals surface area contributed by atoms with E-state index in [2.05, 4.69) is 176 Å². The van der Waals surface area contributed by atoms with Crippen LogP contribution in [0.1, 0.15) is 103 Å². The Balaban J connectivity index is 1.07. The minimum absolute atomic E-state index is 0.0254. The lowest BCUT2D eigenvalue weighted by Crippen LogP contribution is -2.44. The molecule has 3 heterocycles. The van der Waals surface area contributed by atoms with Gasteiger partial charge in [0.1, 0.15) is 11.6 Å². The van der Waals surface area contributed by atoms with Crippen LogP contribution in [0.5, 0.6) is 0 Å². The number of rotatable bonds is 6. The van der Waals surface area contributed by atoms with E-state index in [0.29, 0.717) is 29.6 Å². The largest absolute Gasteiger partial charge is 0.309 e. The quantitative estimate of drug-likeness (QED) is 0.167. The summed E-state index contributed by atoms with van der Waals surface area (Å²) in [6.45, 7) is 10.00. The smallest absolute Gasteiger partial charge is 0.165 e. The molecule has 9 atom stereocenters. The van der Waals surface area contributed by atoms with E-state index < -0.39 is 0 Å². The lowest BCUT2D eigenvalue weighted by atomic mass is 9.56. The van der Waals surface area contributed by atoms with E-state index >= 15 is 0 Å². The molecule has 2 unspecified atom stereocenters. The first kappa shape index (κ1) is 40.2. The van der Waals surface area contributed by atoms with Crippen LogP contribution < -0.4 is 0 Å². The van der Waals surface area contributed by atoms with Crippen molar-refractivity contribution in [2.24, 2.45) is 41.4 Å². The zero-order valence-corrected chi connectivity index (χ0v) is 39.0. The summed E-state index contributed by atoms with van der Waals surface area (Å²) in [5.74, 6) is 8.17. The first-order valence-electron chi connectivity index (χ1n) is 25.3. The average molecular weight is 864 g/mol. The Morgan fingerprint density at radius 2 is 1.08 bits per heavy atom. The van der Waals surface area contributed by atoms with Crippen molar-refractivity contribution in [2.75, 3.05) is 0 Å². The van der Waals surface area contributed by atoms with Gasteiger partial charge in [-0.05, 0) is 147 Å². The van der Waals surface area contributed by atoms with Gasteiger partial charge in [-0.3, -0.25) is 0 Å². The van der Waals surface area contributed by atoms with Crippen molar-refractivity contribution in [3.05, 3.63) is 151 Å². The molecule has 4 bridgehead atoms. The maximum Gasteiger partial charge on any atom is 0.165 e. The third-order valence-electron chi connectivity index (χ3n) is 17.1. The van der Waals surface area contributed by atoms with Gasteiger partial charge in [0.15, 0.2) is 5.82 Å². The molecule has 0 aliphatic heterocycles. The summed E-state index contributed by atoms with van der Waals surface area (Å²) in [4.78, 5) is 17.5. The molecule has 5 heteroatoms. The minimum atomic E-state index is -0.0254. The predicted molar refractivity (Wildman–Crippen MR) is 272 cm³/mol. The SMILES string of the molecule is C[C@@H]1C[C@H]2CC(c3nc(-c4cccc(-c5ccccc5)c4-n4c5ccccc5c5cc(-n6c7ccccc7c7ccccc76)ccc54)nc(C45C[C@H](C)C[C@@H](C[C@H](C)C4)C5)n3)[C@H](C1)[C@@H](C)C2. The summed E-state index contributed by atoms with van der Waals surface area (Å²) in [6.07, 6.45) is 11.3. The van der Waals surface area contributed by atoms with Crippen LogP contribution in [0.15, 0.2) is 140 Å². The zero-order chi connectivity index (χ0) is 44.3. The normalized spacial score (nSPS) is 27.5. The van der Waals surface area contributed by atoms with E-state index in [4.69, 9.17) is 15.0 Å². The lowest BCUT2D eigenvalue weighted by Gasteiger charge is -2.49. The molecular formula is C61H61N5. The second kappa shape index (κ2) is 15.5. The Bertz CT molecular complexity index is 3250. The molecule has 5 aliphatic rings. The number of benzene rings is 6. The van der Waals surface area contributed by atoms with Gasteiger partial charge in [0, 0.05) is 49.7 Å². The summed E-state index contributed by atoms with van der Waals surface area (Å²) in [6, 6.07) is 51.6. The molecule has 5 saturated carbocycles. The van der Waals surface area contributed by atoms with Gasteiger partial charge in [0.05, 0.1) is 27.8 Å². The highest BCUT2D eigenvalue weighted by Crippen LogP contribution is 2.55. The number of aromatic nitrogens is 5. The minimum Gasteiger partial charge on any atom is -0.309 e. The van der Waals surface area contributed by atoms with Gasteiger partial charge in [-0.15, -0.1) is 0 Å². The summed E-state index contributed by atoms with van der Waals surface area (Å²) in [5, 5.41) is 5.00. The molecule has 14 rings (SSSR count). The molecule has 9 aromatic rings. The van der Waals surface area contributed by atoms with E-state index in [9.17, 15) is 0 Å². The van der Waals surface area contributed by atoms with Crippen LogP contribution >= 0.6 is 0 Å². The molecule has 0 saturated heterocycles. The lowest BCUT2D eigenvalue weighted by molar-refractivity contribution is 0.0713. The van der Waals surface area contributed by atoms with Crippen molar-refractivity contribution in [3.63, 3.8) is 0 Å². The van der Waals surface area contributed by atoms with E-state index in [1.165, 1.54) is 113 Å². The van der Waals surface area contributed by atoms with Crippen LogP contribution in [0.2, 0.25) is 0 Å². The third-order valence-corrected chi connectivity index (χ3v) is 17.1. The molecule has 0 amide bonds. The van der Waals surface area contributed by atoms with E-state index in [1.807, 2.05) is 0 Å². The third kappa shape index (κ3) is 6.43. The van der Waals surface area contributed by atoms with Crippen molar-refractivity contribution in [2.45, 2.75) is 96.8 Å². The number of hydrogen-bond acceptors (Lipinski definition) is 3. The maximum atomic E-state index is 5.85. The fourth-order valence-corrected chi connectivity index (χ4v) is 15.0. The topological polar surface area (TPSA) is 48.5 Å². The molecule has 330 valence electrons. The number of para-hydroxylation sites is 4. The van der Waals surface area contributed by atoms with Gasteiger partial charge in [0.25, 0.3) is 0 Å². The van der Waals surface area contributed by atoms with Gasteiger partial charge < -0.3 is 9.13 Å². The summed E-state index contributed by atoms with van der Waals surface area (Å²) in [7, 11) is 0. The van der Waals surface area contributed by atoms with E-state index in [0.717, 1.165) is 52.2 Å². The Kier molecular flexibility index (Phi) is 9.45. The van der Waals surface area contributed by atoms with Crippen LogP contribution in [0, 0.1) is 41.4 Å². The fraction of sp³-hybridized carbons (Fsp3) is 0.361. The molecule has 6 aromatic carbocycles. The first-order chi connectivity index (χ1) is 32.3. The number of hydrogen-bond donors (Lipinski definition) is 0. The monoisotopic (exact) mass is 863 g/mol. The zero-order valence-electron chi connectivity index (χ0n) is 39.0. The molecule has 0 radical (unpaired) electrons. The molecule has 5 fully saturated rings. The van der Waals surface area contributed by atoms with Crippen molar-refractivity contribution in [1.82, 2.24) is 24.1 Å². The van der Waals surface area contributed by atoms with Crippen molar-refractivity contribution >= 4 is 43.6 Å². The second-order valence-electron chi connectivity index (χ2n) is 21.9. The van der Waals surface area contributed by atoms with Crippen molar-refractivity contribution < 1.29 is 0 Å². The standard InChI is InChI=1S/C61H61N5/c1-37-27-41-31-40(4)50(30-37)52(32-41)59-62-58(63-60(64-59)61-34-38(2)28-42(36-61)29-39(3)35-61)49-21-14-20-45(43-15-6-5-7-16-43)57(49)66-55-24-13-10-19-48(55)51-33-44(25-26-56(51)66)65-53-22-11-8-17-46(53)47-18-9-12-23-54(47)65/h5-26,33,37-42,50,52H,27-32,34-36H2,1-4H3/t37-,38-,39+,40+,41-,42+,50-,52?,61?/m1/s1. The highest BCUT2D eigenvalue weighted by atomic mass is 15.1. The van der Waals surface area contributed by atoms with Crippen LogP contribution in [0.3, 0.4) is 0 Å². The van der Waals surface area contributed by atoms with Gasteiger partial charge >= 0.3 is 0 Å². The predicted octanol–water partition coefficient (Wildman–Crippen LogP) is 15.7. The molecule has 5 nitrogen and oxygen atoms in total. The fourth-order valence-electron chi connectivity index (χ4n) is 15.0. The Morgan fingerprint density at radius 1 is 0.470 bits per heavy atom. The summed E-state index contributed by atoms with van der Waals surface area (Å²) >= 11 is 0. The highest BCUT2D eigenvalue weighted by Gasteiger charge is 2.49. The van der Waals surface area contributed by atoms with Gasteiger partial charge in [-0.2, -0.15) is 0 Å². The molecule has 3 aromatic heterocycles.